The average Bonchev–Trinajstić information content (AvgIpc) is 3.55. The largest absolute Gasteiger partial charge is 0.507 e. The molecule has 35 heavy (non-hydrogen) atoms. The summed E-state index contributed by atoms with van der Waals surface area (Å²) < 4.78 is 22.4. The molecule has 5 rings (SSSR count). The first-order valence-corrected chi connectivity index (χ1v) is 11.3. The van der Waals surface area contributed by atoms with Crippen LogP contribution < -0.4 is 19.1 Å². The van der Waals surface area contributed by atoms with Gasteiger partial charge in [0.2, 0.25) is 6.79 Å². The van der Waals surface area contributed by atoms with E-state index in [0.717, 1.165) is 0 Å². The van der Waals surface area contributed by atoms with Gasteiger partial charge in [-0.15, -0.1) is 0 Å². The van der Waals surface area contributed by atoms with Gasteiger partial charge in [-0.25, -0.2) is 0 Å². The van der Waals surface area contributed by atoms with Gasteiger partial charge >= 0.3 is 0 Å². The van der Waals surface area contributed by atoms with Crippen molar-refractivity contribution in [2.24, 2.45) is 5.92 Å². The highest BCUT2D eigenvalue weighted by Gasteiger charge is 2.48. The van der Waals surface area contributed by atoms with Gasteiger partial charge in [-0.1, -0.05) is 26.0 Å². The molecule has 1 N–H and O–H groups in total. The van der Waals surface area contributed by atoms with Crippen molar-refractivity contribution in [2.45, 2.75) is 26.8 Å². The first-order valence-electron chi connectivity index (χ1n) is 11.3. The maximum atomic E-state index is 13.3. The summed E-state index contributed by atoms with van der Waals surface area (Å²) in [5.41, 5.74) is 0.717. The van der Waals surface area contributed by atoms with Crippen LogP contribution in [0.1, 0.15) is 37.0 Å². The van der Waals surface area contributed by atoms with Crippen LogP contribution in [0.3, 0.4) is 0 Å². The van der Waals surface area contributed by atoms with Crippen molar-refractivity contribution in [1.82, 2.24) is 0 Å². The number of amides is 1. The summed E-state index contributed by atoms with van der Waals surface area (Å²) in [4.78, 5) is 27.9. The maximum absolute atomic E-state index is 13.3. The summed E-state index contributed by atoms with van der Waals surface area (Å²) in [7, 11) is 0. The number of aliphatic hydroxyl groups excluding tert-OH is 1. The highest BCUT2D eigenvalue weighted by atomic mass is 16.7. The zero-order valence-electron chi connectivity index (χ0n) is 19.6. The van der Waals surface area contributed by atoms with Crippen LogP contribution in [0.2, 0.25) is 0 Å². The minimum absolute atomic E-state index is 0.0666. The van der Waals surface area contributed by atoms with Gasteiger partial charge in [-0.3, -0.25) is 14.5 Å². The molecule has 8 nitrogen and oxygen atoms in total. The Kier molecular flexibility index (Phi) is 5.72. The number of Topliss-reactive ketones (excluding diaryl/α,β-unsaturated/α-hetero) is 1. The van der Waals surface area contributed by atoms with E-state index >= 15 is 0 Å². The fourth-order valence-corrected chi connectivity index (χ4v) is 4.16. The Bertz CT molecular complexity index is 1340. The van der Waals surface area contributed by atoms with Crippen LogP contribution >= 0.6 is 0 Å². The van der Waals surface area contributed by atoms with Crippen molar-refractivity contribution in [3.05, 3.63) is 77.3 Å². The number of carbonyl (C=O) groups is 2. The Morgan fingerprint density at radius 3 is 2.63 bits per heavy atom. The van der Waals surface area contributed by atoms with Gasteiger partial charge in [-0.05, 0) is 49.2 Å². The summed E-state index contributed by atoms with van der Waals surface area (Å²) in [6.45, 7) is 6.42. The van der Waals surface area contributed by atoms with E-state index in [9.17, 15) is 14.7 Å². The number of ketones is 1. The lowest BCUT2D eigenvalue weighted by atomic mass is 9.99. The fraction of sp³-hybridized carbons (Fsp3) is 0.259. The summed E-state index contributed by atoms with van der Waals surface area (Å²) in [5.74, 6) is 0.959. The van der Waals surface area contributed by atoms with Crippen molar-refractivity contribution in [1.29, 1.82) is 0 Å². The number of carbonyl (C=O) groups excluding carboxylic acids is 2. The van der Waals surface area contributed by atoms with E-state index in [1.807, 2.05) is 13.8 Å². The topological polar surface area (TPSA) is 98.4 Å². The first-order chi connectivity index (χ1) is 16.8. The number of rotatable bonds is 6. The molecular weight excluding hydrogens is 450 g/mol. The maximum Gasteiger partial charge on any atom is 0.300 e. The summed E-state index contributed by atoms with van der Waals surface area (Å²) in [6.07, 6.45) is 0. The molecule has 2 aliphatic heterocycles. The van der Waals surface area contributed by atoms with Gasteiger partial charge < -0.3 is 23.7 Å². The molecule has 3 heterocycles. The molecule has 0 aliphatic carbocycles. The van der Waals surface area contributed by atoms with E-state index in [0.29, 0.717) is 52.5 Å². The number of aliphatic hydroxyl groups is 1. The fourth-order valence-electron chi connectivity index (χ4n) is 4.16. The first kappa shape index (κ1) is 22.6. The van der Waals surface area contributed by atoms with Gasteiger partial charge in [0.05, 0.1) is 12.2 Å². The molecule has 2 aliphatic rings. The van der Waals surface area contributed by atoms with Crippen LogP contribution in [0, 0.1) is 12.8 Å². The molecule has 3 aromatic rings. The van der Waals surface area contributed by atoms with Crippen LogP contribution in [0.4, 0.5) is 5.69 Å². The van der Waals surface area contributed by atoms with Crippen molar-refractivity contribution in [3.63, 3.8) is 0 Å². The van der Waals surface area contributed by atoms with Crippen LogP contribution in [0.25, 0.3) is 5.76 Å². The van der Waals surface area contributed by atoms with Gasteiger partial charge in [-0.2, -0.15) is 0 Å². The van der Waals surface area contributed by atoms with Gasteiger partial charge in [0, 0.05) is 17.3 Å². The number of anilines is 1. The van der Waals surface area contributed by atoms with E-state index in [-0.39, 0.29) is 18.1 Å². The van der Waals surface area contributed by atoms with Gasteiger partial charge in [0.25, 0.3) is 11.7 Å². The normalized spacial score (nSPS) is 18.5. The lowest BCUT2D eigenvalue weighted by Gasteiger charge is -2.23. The number of hydrogen-bond acceptors (Lipinski definition) is 7. The van der Waals surface area contributed by atoms with Gasteiger partial charge in [0.1, 0.15) is 29.1 Å². The number of fused-ring (bicyclic) bond motifs is 1. The third-order valence-electron chi connectivity index (χ3n) is 5.80. The number of aryl methyl sites for hydroxylation is 1. The van der Waals surface area contributed by atoms with Crippen molar-refractivity contribution in [3.8, 4) is 17.2 Å². The quantitative estimate of drug-likeness (QED) is 0.305. The molecule has 1 atom stereocenters. The van der Waals surface area contributed by atoms with Gasteiger partial charge in [0.15, 0.2) is 11.5 Å². The third kappa shape index (κ3) is 4.12. The number of hydrogen-bond donors (Lipinski definition) is 1. The second-order valence-electron chi connectivity index (χ2n) is 8.89. The Hall–Kier alpha value is -4.20. The standard InChI is InChI=1S/C27H25NO7/c1-15(2)13-32-19-6-4-5-17(11-19)25(29)23-24(21-9-7-16(3)35-21)28(27(31)26(23)30)18-8-10-20-22(12-18)34-14-33-20/h4-12,15,24,29H,13-14H2,1-3H3/b25-23-. The molecule has 0 radical (unpaired) electrons. The van der Waals surface area contributed by atoms with E-state index < -0.39 is 17.7 Å². The molecular formula is C27H25NO7. The lowest BCUT2D eigenvalue weighted by molar-refractivity contribution is -0.132. The van der Waals surface area contributed by atoms with Crippen LogP contribution in [-0.4, -0.2) is 30.2 Å². The number of furan rings is 1. The molecule has 1 aromatic heterocycles. The lowest BCUT2D eigenvalue weighted by Crippen LogP contribution is -2.29. The van der Waals surface area contributed by atoms with Crippen LogP contribution in [0.5, 0.6) is 17.2 Å². The van der Waals surface area contributed by atoms with E-state index in [4.69, 9.17) is 18.6 Å². The number of nitrogens with zero attached hydrogens (tertiary/aromatic N) is 1. The van der Waals surface area contributed by atoms with E-state index in [1.54, 1.807) is 61.5 Å². The minimum Gasteiger partial charge on any atom is -0.507 e. The molecule has 1 saturated heterocycles. The Labute approximate surface area is 202 Å². The predicted molar refractivity (Wildman–Crippen MR) is 128 cm³/mol. The summed E-state index contributed by atoms with van der Waals surface area (Å²) >= 11 is 0. The predicted octanol–water partition coefficient (Wildman–Crippen LogP) is 4.98. The highest BCUT2D eigenvalue weighted by Crippen LogP contribution is 2.45. The van der Waals surface area contributed by atoms with E-state index in [2.05, 4.69) is 0 Å². The van der Waals surface area contributed by atoms with Crippen molar-refractivity contribution >= 4 is 23.1 Å². The molecule has 8 heteroatoms. The molecule has 0 spiro atoms. The minimum atomic E-state index is -0.968. The molecule has 1 unspecified atom stereocenters. The summed E-state index contributed by atoms with van der Waals surface area (Å²) in [6, 6.07) is 14.3. The van der Waals surface area contributed by atoms with Crippen molar-refractivity contribution < 1.29 is 33.3 Å². The van der Waals surface area contributed by atoms with Crippen LogP contribution in [0.15, 0.2) is 64.6 Å². The molecule has 1 amide bonds. The Balaban J connectivity index is 1.62. The van der Waals surface area contributed by atoms with Crippen LogP contribution in [-0.2, 0) is 9.59 Å². The molecule has 1 fully saturated rings. The second kappa shape index (κ2) is 8.87. The Morgan fingerprint density at radius 2 is 1.89 bits per heavy atom. The summed E-state index contributed by atoms with van der Waals surface area (Å²) in [5, 5.41) is 11.3. The smallest absolute Gasteiger partial charge is 0.300 e. The average molecular weight is 475 g/mol. The zero-order chi connectivity index (χ0) is 24.7. The Morgan fingerprint density at radius 1 is 1.09 bits per heavy atom. The second-order valence-corrected chi connectivity index (χ2v) is 8.89. The van der Waals surface area contributed by atoms with Crippen molar-refractivity contribution in [2.75, 3.05) is 18.3 Å². The third-order valence-corrected chi connectivity index (χ3v) is 5.80. The molecule has 180 valence electrons. The number of ether oxygens (including phenoxy) is 3. The highest BCUT2D eigenvalue weighted by molar-refractivity contribution is 6.51. The number of benzene rings is 2. The molecule has 0 saturated carbocycles. The SMILES string of the molecule is Cc1ccc(C2/C(=C(/O)c3cccc(OCC(C)C)c3)C(=O)C(=O)N2c2ccc3c(c2)OCO3)o1. The molecule has 0 bridgehead atoms. The van der Waals surface area contributed by atoms with E-state index in [1.165, 1.54) is 4.90 Å². The monoisotopic (exact) mass is 475 g/mol. The molecule has 2 aromatic carbocycles. The zero-order valence-corrected chi connectivity index (χ0v) is 19.6.